The first-order chi connectivity index (χ1) is 15.9. The molecule has 0 heterocycles. The number of methoxy groups -OCH3 is 2. The Hall–Kier alpha value is -3.85. The van der Waals surface area contributed by atoms with Gasteiger partial charge >= 0.3 is 0 Å². The molecule has 0 bridgehead atoms. The van der Waals surface area contributed by atoms with Crippen molar-refractivity contribution in [3.63, 3.8) is 0 Å². The van der Waals surface area contributed by atoms with Gasteiger partial charge in [-0.25, -0.2) is 13.8 Å². The lowest BCUT2D eigenvalue weighted by Gasteiger charge is -2.25. The first-order valence-electron chi connectivity index (χ1n) is 10.0. The molecule has 0 aliphatic heterocycles. The maximum atomic E-state index is 13.3. The zero-order valence-electron chi connectivity index (χ0n) is 18.6. The number of carbonyl (C=O) groups is 1. The quantitative estimate of drug-likeness (QED) is 0.384. The Balaban J connectivity index is 1.85. The Labute approximate surface area is 193 Å². The molecule has 1 amide bonds. The molecule has 0 atom stereocenters. The Morgan fingerprint density at radius 1 is 1.00 bits per heavy atom. The van der Waals surface area contributed by atoms with Crippen LogP contribution in [0.4, 0.5) is 5.69 Å². The normalized spacial score (nSPS) is 11.2. The van der Waals surface area contributed by atoms with E-state index < -0.39 is 22.5 Å². The summed E-state index contributed by atoms with van der Waals surface area (Å²) >= 11 is 0. The molecule has 0 aromatic heterocycles. The Morgan fingerprint density at radius 2 is 1.70 bits per heavy atom. The van der Waals surface area contributed by atoms with E-state index in [4.69, 9.17) is 9.47 Å². The number of carbonyl (C=O) groups excluding carboxylic acids is 1. The molecule has 0 saturated carbocycles. The molecule has 0 radical (unpaired) electrons. The third kappa shape index (κ3) is 5.69. The zero-order chi connectivity index (χ0) is 23.8. The van der Waals surface area contributed by atoms with Gasteiger partial charge in [-0.05, 0) is 48.9 Å². The van der Waals surface area contributed by atoms with Gasteiger partial charge in [0.1, 0.15) is 18.0 Å². The molecule has 0 unspecified atom stereocenters. The lowest BCUT2D eigenvalue weighted by Crippen LogP contribution is -2.40. The number of ether oxygens (including phenoxy) is 2. The average molecular weight is 468 g/mol. The van der Waals surface area contributed by atoms with E-state index in [-0.39, 0.29) is 4.90 Å². The van der Waals surface area contributed by atoms with Gasteiger partial charge in [0.2, 0.25) is 0 Å². The summed E-state index contributed by atoms with van der Waals surface area (Å²) in [6.07, 6.45) is 1.41. The third-order valence-electron chi connectivity index (χ3n) is 4.83. The van der Waals surface area contributed by atoms with Gasteiger partial charge in [0.25, 0.3) is 15.9 Å². The topological polar surface area (TPSA) is 97.3 Å². The summed E-state index contributed by atoms with van der Waals surface area (Å²) < 4.78 is 38.3. The van der Waals surface area contributed by atoms with Crippen molar-refractivity contribution in [2.24, 2.45) is 5.10 Å². The molecule has 0 aliphatic carbocycles. The lowest BCUT2D eigenvalue weighted by atomic mass is 10.2. The van der Waals surface area contributed by atoms with Crippen LogP contribution in [0, 0.1) is 6.92 Å². The summed E-state index contributed by atoms with van der Waals surface area (Å²) in [6.45, 7) is 1.34. The van der Waals surface area contributed by atoms with Crippen molar-refractivity contribution >= 4 is 27.8 Å². The number of benzene rings is 3. The predicted octanol–water partition coefficient (Wildman–Crippen LogP) is 3.36. The number of hydrogen-bond donors (Lipinski definition) is 1. The van der Waals surface area contributed by atoms with Crippen LogP contribution in [0.15, 0.2) is 82.8 Å². The van der Waals surface area contributed by atoms with Crippen LogP contribution < -0.4 is 19.2 Å². The molecule has 172 valence electrons. The summed E-state index contributed by atoms with van der Waals surface area (Å²) in [7, 11) is -0.925. The van der Waals surface area contributed by atoms with E-state index in [1.807, 2.05) is 0 Å². The summed E-state index contributed by atoms with van der Waals surface area (Å²) in [6, 6.07) is 20.1. The van der Waals surface area contributed by atoms with Crippen LogP contribution in [0.5, 0.6) is 11.5 Å². The molecule has 33 heavy (non-hydrogen) atoms. The molecule has 3 rings (SSSR count). The van der Waals surface area contributed by atoms with E-state index in [1.165, 1.54) is 32.6 Å². The van der Waals surface area contributed by atoms with Crippen LogP contribution in [-0.4, -0.2) is 41.3 Å². The minimum absolute atomic E-state index is 0.0886. The first-order valence-corrected chi connectivity index (χ1v) is 11.5. The third-order valence-corrected chi connectivity index (χ3v) is 6.61. The van der Waals surface area contributed by atoms with Gasteiger partial charge in [-0.2, -0.15) is 5.10 Å². The average Bonchev–Trinajstić information content (AvgIpc) is 2.83. The summed E-state index contributed by atoms with van der Waals surface area (Å²) in [5, 5.41) is 3.97. The van der Waals surface area contributed by atoms with E-state index in [0.717, 1.165) is 9.87 Å². The Bertz CT molecular complexity index is 1240. The van der Waals surface area contributed by atoms with E-state index in [0.29, 0.717) is 22.7 Å². The molecule has 1 N–H and O–H groups in total. The SMILES string of the molecule is COc1ccc(OC)c(/C=N\NC(=O)CN(c2ccccc2C)S(=O)(=O)c2ccccc2)c1. The number of amides is 1. The van der Waals surface area contributed by atoms with Gasteiger partial charge < -0.3 is 9.47 Å². The zero-order valence-corrected chi connectivity index (χ0v) is 19.4. The summed E-state index contributed by atoms with van der Waals surface area (Å²) in [4.78, 5) is 12.8. The second-order valence-electron chi connectivity index (χ2n) is 7.01. The number of hydrazone groups is 1. The van der Waals surface area contributed by atoms with Crippen LogP contribution >= 0.6 is 0 Å². The number of nitrogens with one attached hydrogen (secondary N) is 1. The number of anilines is 1. The Kier molecular flexibility index (Phi) is 7.68. The van der Waals surface area contributed by atoms with Gasteiger partial charge in [-0.15, -0.1) is 0 Å². The fourth-order valence-electron chi connectivity index (χ4n) is 3.14. The molecule has 8 nitrogen and oxygen atoms in total. The highest BCUT2D eigenvalue weighted by Gasteiger charge is 2.28. The van der Waals surface area contributed by atoms with Gasteiger partial charge in [0, 0.05) is 5.56 Å². The number of sulfonamides is 1. The van der Waals surface area contributed by atoms with Crippen molar-refractivity contribution in [3.05, 3.63) is 83.9 Å². The first kappa shape index (κ1) is 23.8. The summed E-state index contributed by atoms with van der Waals surface area (Å²) in [5.41, 5.74) is 4.11. The van der Waals surface area contributed by atoms with E-state index in [9.17, 15) is 13.2 Å². The maximum absolute atomic E-state index is 13.3. The molecule has 0 spiro atoms. The lowest BCUT2D eigenvalue weighted by molar-refractivity contribution is -0.119. The van der Waals surface area contributed by atoms with Crippen molar-refractivity contribution in [3.8, 4) is 11.5 Å². The van der Waals surface area contributed by atoms with Gasteiger partial charge in [-0.1, -0.05) is 36.4 Å². The second-order valence-corrected chi connectivity index (χ2v) is 8.87. The van der Waals surface area contributed by atoms with Crippen molar-refractivity contribution in [2.75, 3.05) is 25.1 Å². The fourth-order valence-corrected chi connectivity index (χ4v) is 4.65. The highest BCUT2D eigenvalue weighted by molar-refractivity contribution is 7.92. The van der Waals surface area contributed by atoms with E-state index in [1.54, 1.807) is 67.6 Å². The van der Waals surface area contributed by atoms with Gasteiger partial charge in [-0.3, -0.25) is 9.10 Å². The largest absolute Gasteiger partial charge is 0.497 e. The van der Waals surface area contributed by atoms with Gasteiger partial charge in [0.15, 0.2) is 0 Å². The Morgan fingerprint density at radius 3 is 2.36 bits per heavy atom. The van der Waals surface area contributed by atoms with Crippen molar-refractivity contribution in [2.45, 2.75) is 11.8 Å². The highest BCUT2D eigenvalue weighted by atomic mass is 32.2. The smallest absolute Gasteiger partial charge is 0.264 e. The van der Waals surface area contributed by atoms with Crippen molar-refractivity contribution in [1.82, 2.24) is 5.43 Å². The molecular formula is C24H25N3O5S. The van der Waals surface area contributed by atoms with Crippen LogP contribution in [0.25, 0.3) is 0 Å². The molecular weight excluding hydrogens is 442 g/mol. The fraction of sp³-hybridized carbons (Fsp3) is 0.167. The molecule has 0 fully saturated rings. The predicted molar refractivity (Wildman–Crippen MR) is 127 cm³/mol. The minimum Gasteiger partial charge on any atom is -0.497 e. The number of para-hydroxylation sites is 1. The molecule has 9 heteroatoms. The van der Waals surface area contributed by atoms with Crippen molar-refractivity contribution in [1.29, 1.82) is 0 Å². The standard InChI is InChI=1S/C24H25N3O5S/c1-18-9-7-8-12-22(18)27(33(29,30)21-10-5-4-6-11-21)17-24(28)26-25-16-19-15-20(31-2)13-14-23(19)32-3/h4-16H,17H2,1-3H3,(H,26,28)/b25-16-. The van der Waals surface area contributed by atoms with Gasteiger partial charge in [0.05, 0.1) is 31.0 Å². The van der Waals surface area contributed by atoms with Crippen molar-refractivity contribution < 1.29 is 22.7 Å². The highest BCUT2D eigenvalue weighted by Crippen LogP contribution is 2.26. The monoisotopic (exact) mass is 467 g/mol. The molecule has 0 aliphatic rings. The van der Waals surface area contributed by atoms with E-state index in [2.05, 4.69) is 10.5 Å². The van der Waals surface area contributed by atoms with Crippen LogP contribution in [0.1, 0.15) is 11.1 Å². The van der Waals surface area contributed by atoms with Crippen LogP contribution in [-0.2, 0) is 14.8 Å². The second kappa shape index (κ2) is 10.6. The number of nitrogens with zero attached hydrogens (tertiary/aromatic N) is 2. The van der Waals surface area contributed by atoms with Crippen LogP contribution in [0.2, 0.25) is 0 Å². The minimum atomic E-state index is -3.98. The molecule has 3 aromatic rings. The maximum Gasteiger partial charge on any atom is 0.264 e. The molecule has 3 aromatic carbocycles. The van der Waals surface area contributed by atoms with E-state index >= 15 is 0 Å². The number of aryl methyl sites for hydroxylation is 1. The van der Waals surface area contributed by atoms with Crippen LogP contribution in [0.3, 0.4) is 0 Å². The summed E-state index contributed by atoms with van der Waals surface area (Å²) in [5.74, 6) is 0.543. The number of hydrogen-bond acceptors (Lipinski definition) is 6. The number of rotatable bonds is 9. The molecule has 0 saturated heterocycles.